The predicted molar refractivity (Wildman–Crippen MR) is 65.9 cm³/mol. The highest BCUT2D eigenvalue weighted by atomic mass is 19.4. The molecule has 0 unspecified atom stereocenters. The zero-order valence-corrected chi connectivity index (χ0v) is 10.7. The highest BCUT2D eigenvalue weighted by molar-refractivity contribution is 5.76. The van der Waals surface area contributed by atoms with Crippen molar-refractivity contribution in [2.24, 2.45) is 5.92 Å². The average molecular weight is 288 g/mol. The van der Waals surface area contributed by atoms with E-state index in [4.69, 9.17) is 0 Å². The lowest BCUT2D eigenvalue weighted by molar-refractivity contribution is -0.274. The van der Waals surface area contributed by atoms with Gasteiger partial charge in [-0.15, -0.1) is 13.2 Å². The van der Waals surface area contributed by atoms with Crippen LogP contribution in [0.3, 0.4) is 0 Å². The van der Waals surface area contributed by atoms with E-state index in [1.54, 1.807) is 6.07 Å². The monoisotopic (exact) mass is 288 g/mol. The minimum atomic E-state index is -4.74. The van der Waals surface area contributed by atoms with Crippen LogP contribution in [-0.2, 0) is 11.3 Å². The van der Waals surface area contributed by atoms with Crippen molar-refractivity contribution in [1.82, 2.24) is 10.6 Å². The lowest BCUT2D eigenvalue weighted by atomic mass is 9.99. The molecule has 1 aliphatic rings. The van der Waals surface area contributed by atoms with Crippen LogP contribution in [0.4, 0.5) is 13.2 Å². The zero-order valence-electron chi connectivity index (χ0n) is 10.7. The smallest absolute Gasteiger partial charge is 0.405 e. The maximum Gasteiger partial charge on any atom is 0.573 e. The molecule has 1 saturated heterocycles. The molecule has 0 aliphatic carbocycles. The Labute approximate surface area is 114 Å². The highest BCUT2D eigenvalue weighted by Crippen LogP contribution is 2.26. The van der Waals surface area contributed by atoms with Gasteiger partial charge >= 0.3 is 6.36 Å². The molecular formula is C13H15F3N2O2. The number of ether oxygens (including phenoxy) is 1. The first-order chi connectivity index (χ1) is 9.44. The number of amides is 1. The van der Waals surface area contributed by atoms with Gasteiger partial charge in [0.1, 0.15) is 5.75 Å². The van der Waals surface area contributed by atoms with Crippen LogP contribution in [-0.4, -0.2) is 25.4 Å². The molecule has 2 rings (SSSR count). The lowest BCUT2D eigenvalue weighted by Crippen LogP contribution is -2.44. The first-order valence-corrected chi connectivity index (χ1v) is 6.25. The van der Waals surface area contributed by atoms with Crippen molar-refractivity contribution in [3.8, 4) is 5.75 Å². The molecule has 0 atom stereocenters. The first kappa shape index (κ1) is 14.6. The Hall–Kier alpha value is -1.76. The quantitative estimate of drug-likeness (QED) is 0.869. The molecule has 1 heterocycles. The van der Waals surface area contributed by atoms with E-state index in [0.717, 1.165) is 13.1 Å². The van der Waals surface area contributed by atoms with E-state index in [-0.39, 0.29) is 18.2 Å². The summed E-state index contributed by atoms with van der Waals surface area (Å²) in [4.78, 5) is 11.6. The molecule has 110 valence electrons. The number of alkyl halides is 3. The Kier molecular flexibility index (Phi) is 4.49. The van der Waals surface area contributed by atoms with Gasteiger partial charge in [0.25, 0.3) is 0 Å². The number of carbonyl (C=O) groups is 1. The van der Waals surface area contributed by atoms with Crippen molar-refractivity contribution in [2.45, 2.75) is 19.3 Å². The summed E-state index contributed by atoms with van der Waals surface area (Å²) in [6.45, 7) is 1.63. The Morgan fingerprint density at radius 3 is 2.65 bits per heavy atom. The van der Waals surface area contributed by atoms with Crippen molar-refractivity contribution in [3.05, 3.63) is 29.8 Å². The number of halogens is 3. The van der Waals surface area contributed by atoms with Crippen LogP contribution >= 0.6 is 0 Å². The molecule has 1 amide bonds. The maximum absolute atomic E-state index is 12.2. The number of para-hydroxylation sites is 1. The van der Waals surface area contributed by atoms with Gasteiger partial charge in [-0.1, -0.05) is 18.2 Å². The largest absolute Gasteiger partial charge is 0.573 e. The summed E-state index contributed by atoms with van der Waals surface area (Å²) in [5.41, 5.74) is 0.296. The van der Waals surface area contributed by atoms with E-state index in [1.807, 2.05) is 0 Å². The standard InChI is InChI=1S/C13H15F3N2O2/c14-13(15,16)20-11-4-2-1-3-10(11)8-18-12(19)5-9-6-17-7-9/h1-4,9,17H,5-8H2,(H,18,19). The van der Waals surface area contributed by atoms with Crippen LogP contribution < -0.4 is 15.4 Å². The summed E-state index contributed by atoms with van der Waals surface area (Å²) in [5.74, 6) is -0.138. The van der Waals surface area contributed by atoms with Crippen molar-refractivity contribution in [2.75, 3.05) is 13.1 Å². The molecular weight excluding hydrogens is 273 g/mol. The van der Waals surface area contributed by atoms with E-state index >= 15 is 0 Å². The van der Waals surface area contributed by atoms with E-state index in [1.165, 1.54) is 18.2 Å². The van der Waals surface area contributed by atoms with Crippen molar-refractivity contribution in [1.29, 1.82) is 0 Å². The van der Waals surface area contributed by atoms with Crippen LogP contribution in [0.1, 0.15) is 12.0 Å². The molecule has 0 aromatic heterocycles. The second-order valence-electron chi connectivity index (χ2n) is 4.66. The molecule has 1 aromatic carbocycles. The fraction of sp³-hybridized carbons (Fsp3) is 0.462. The molecule has 1 aromatic rings. The molecule has 2 N–H and O–H groups in total. The van der Waals surface area contributed by atoms with Crippen molar-refractivity contribution in [3.63, 3.8) is 0 Å². The molecule has 0 saturated carbocycles. The van der Waals surface area contributed by atoms with Gasteiger partial charge in [-0.3, -0.25) is 4.79 Å². The Morgan fingerprint density at radius 2 is 2.05 bits per heavy atom. The van der Waals surface area contributed by atoms with Crippen molar-refractivity contribution >= 4 is 5.91 Å². The number of rotatable bonds is 5. The summed E-state index contributed by atoms with van der Waals surface area (Å²) in [5, 5.41) is 5.66. The van der Waals surface area contributed by atoms with E-state index < -0.39 is 6.36 Å². The molecule has 0 radical (unpaired) electrons. The van der Waals surface area contributed by atoms with Gasteiger partial charge in [0.2, 0.25) is 5.91 Å². The Morgan fingerprint density at radius 1 is 1.35 bits per heavy atom. The number of carbonyl (C=O) groups excluding carboxylic acids is 1. The van der Waals surface area contributed by atoms with E-state index in [2.05, 4.69) is 15.4 Å². The van der Waals surface area contributed by atoms with Gasteiger partial charge < -0.3 is 15.4 Å². The van der Waals surface area contributed by atoms with Crippen LogP contribution in [0.2, 0.25) is 0 Å². The van der Waals surface area contributed by atoms with E-state index in [0.29, 0.717) is 17.9 Å². The first-order valence-electron chi connectivity index (χ1n) is 6.25. The third-order valence-electron chi connectivity index (χ3n) is 3.01. The highest BCUT2D eigenvalue weighted by Gasteiger charge is 2.32. The third kappa shape index (κ3) is 4.41. The summed E-state index contributed by atoms with van der Waals surface area (Å²) >= 11 is 0. The number of hydrogen-bond donors (Lipinski definition) is 2. The van der Waals surface area contributed by atoms with Gasteiger partial charge in [-0.25, -0.2) is 0 Å². The second-order valence-corrected chi connectivity index (χ2v) is 4.66. The average Bonchev–Trinajstić information content (AvgIpc) is 2.31. The van der Waals surface area contributed by atoms with Crippen LogP contribution in [0.25, 0.3) is 0 Å². The van der Waals surface area contributed by atoms with Gasteiger partial charge in [0.05, 0.1) is 0 Å². The lowest BCUT2D eigenvalue weighted by Gasteiger charge is -2.26. The molecule has 4 nitrogen and oxygen atoms in total. The summed E-state index contributed by atoms with van der Waals surface area (Å²) < 4.78 is 40.6. The van der Waals surface area contributed by atoms with Crippen LogP contribution in [0, 0.1) is 5.92 Å². The molecule has 0 spiro atoms. The molecule has 1 fully saturated rings. The number of benzene rings is 1. The number of nitrogens with one attached hydrogen (secondary N) is 2. The summed E-state index contributed by atoms with van der Waals surface area (Å²) in [6.07, 6.45) is -4.35. The maximum atomic E-state index is 12.2. The third-order valence-corrected chi connectivity index (χ3v) is 3.01. The van der Waals surface area contributed by atoms with Gasteiger partial charge in [-0.05, 0) is 25.1 Å². The summed E-state index contributed by atoms with van der Waals surface area (Å²) in [6, 6.07) is 5.77. The fourth-order valence-electron chi connectivity index (χ4n) is 1.90. The normalized spacial score (nSPS) is 15.6. The summed E-state index contributed by atoms with van der Waals surface area (Å²) in [7, 11) is 0. The molecule has 20 heavy (non-hydrogen) atoms. The molecule has 0 bridgehead atoms. The topological polar surface area (TPSA) is 50.4 Å². The Bertz CT molecular complexity index is 473. The number of hydrogen-bond acceptors (Lipinski definition) is 3. The van der Waals surface area contributed by atoms with Gasteiger partial charge in [0, 0.05) is 18.5 Å². The van der Waals surface area contributed by atoms with Gasteiger partial charge in [0.15, 0.2) is 0 Å². The van der Waals surface area contributed by atoms with Gasteiger partial charge in [-0.2, -0.15) is 0 Å². The fourth-order valence-corrected chi connectivity index (χ4v) is 1.90. The second kappa shape index (κ2) is 6.13. The van der Waals surface area contributed by atoms with Crippen molar-refractivity contribution < 1.29 is 22.7 Å². The molecule has 1 aliphatic heterocycles. The van der Waals surface area contributed by atoms with Crippen LogP contribution in [0.5, 0.6) is 5.75 Å². The van der Waals surface area contributed by atoms with E-state index in [9.17, 15) is 18.0 Å². The minimum absolute atomic E-state index is 0.0191. The predicted octanol–water partition coefficient (Wildman–Crippen LogP) is 1.81. The SMILES string of the molecule is O=C(CC1CNC1)NCc1ccccc1OC(F)(F)F. The van der Waals surface area contributed by atoms with Crippen LogP contribution in [0.15, 0.2) is 24.3 Å². The molecule has 7 heteroatoms. The Balaban J connectivity index is 1.89. The minimum Gasteiger partial charge on any atom is -0.405 e. The zero-order chi connectivity index (χ0) is 14.6.